The van der Waals surface area contributed by atoms with Gasteiger partial charge in [-0.15, -0.1) is 0 Å². The predicted molar refractivity (Wildman–Crippen MR) is 86.5 cm³/mol. The van der Waals surface area contributed by atoms with Crippen molar-refractivity contribution < 1.29 is 13.2 Å². The van der Waals surface area contributed by atoms with Crippen molar-refractivity contribution in [1.29, 1.82) is 0 Å². The molecule has 1 aromatic heterocycles. The minimum atomic E-state index is -3.42. The van der Waals surface area contributed by atoms with Crippen molar-refractivity contribution in [2.24, 2.45) is 0 Å². The van der Waals surface area contributed by atoms with Gasteiger partial charge in [-0.2, -0.15) is 17.0 Å². The van der Waals surface area contributed by atoms with Crippen LogP contribution in [-0.4, -0.2) is 74.9 Å². The molecule has 3 heterocycles. The van der Waals surface area contributed by atoms with Gasteiger partial charge >= 0.3 is 0 Å². The zero-order chi connectivity index (χ0) is 16.8. The fraction of sp³-hybridized carbons (Fsp3) is 0.714. The highest BCUT2D eigenvalue weighted by Gasteiger charge is 2.48. The molecule has 1 atom stereocenters. The van der Waals surface area contributed by atoms with Gasteiger partial charge in [0.2, 0.25) is 5.95 Å². The first-order valence-electron chi connectivity index (χ1n) is 7.55. The van der Waals surface area contributed by atoms with Crippen LogP contribution in [0.1, 0.15) is 17.7 Å². The van der Waals surface area contributed by atoms with Gasteiger partial charge in [0, 0.05) is 53.0 Å². The molecule has 1 aromatic rings. The molecular weight excluding hydrogens is 318 g/mol. The molecule has 2 aliphatic heterocycles. The Bertz CT molecular complexity index is 706. The maximum atomic E-state index is 12.4. The van der Waals surface area contributed by atoms with Crippen molar-refractivity contribution >= 4 is 16.2 Å². The van der Waals surface area contributed by atoms with E-state index in [1.54, 1.807) is 20.3 Å². The summed E-state index contributed by atoms with van der Waals surface area (Å²) in [6, 6.07) is 0. The molecule has 0 aliphatic carbocycles. The minimum Gasteiger partial charge on any atom is -0.376 e. The third kappa shape index (κ3) is 2.71. The second kappa shape index (κ2) is 5.66. The molecule has 0 unspecified atom stereocenters. The molecule has 0 N–H and O–H groups in total. The van der Waals surface area contributed by atoms with E-state index in [0.29, 0.717) is 38.7 Å². The van der Waals surface area contributed by atoms with Crippen LogP contribution in [0.4, 0.5) is 5.95 Å². The van der Waals surface area contributed by atoms with Crippen molar-refractivity contribution in [2.75, 3.05) is 52.8 Å². The first-order chi connectivity index (χ1) is 10.8. The topological polar surface area (TPSA) is 78.9 Å². The van der Waals surface area contributed by atoms with Crippen LogP contribution in [-0.2, 0) is 27.0 Å². The lowest BCUT2D eigenvalue weighted by Gasteiger charge is -2.34. The van der Waals surface area contributed by atoms with Gasteiger partial charge < -0.3 is 9.64 Å². The fourth-order valence-corrected chi connectivity index (χ4v) is 4.37. The van der Waals surface area contributed by atoms with Crippen LogP contribution in [0.5, 0.6) is 0 Å². The maximum absolute atomic E-state index is 12.4. The van der Waals surface area contributed by atoms with E-state index in [-0.39, 0.29) is 5.41 Å². The number of nitrogens with zero attached hydrogens (tertiary/aromatic N) is 5. The number of ether oxygens (including phenoxy) is 1. The molecule has 2 aliphatic rings. The van der Waals surface area contributed by atoms with Gasteiger partial charge in [-0.05, 0) is 6.42 Å². The van der Waals surface area contributed by atoms with Crippen LogP contribution in [0, 0.1) is 0 Å². The number of fused-ring (bicyclic) bond motifs is 2. The second-order valence-corrected chi connectivity index (χ2v) is 8.73. The molecule has 23 heavy (non-hydrogen) atoms. The number of anilines is 1. The summed E-state index contributed by atoms with van der Waals surface area (Å²) in [6.45, 7) is 1.84. The Labute approximate surface area is 137 Å². The number of rotatable bonds is 3. The van der Waals surface area contributed by atoms with Crippen molar-refractivity contribution in [3.8, 4) is 0 Å². The normalized spacial score (nSPS) is 25.1. The smallest absolute Gasteiger partial charge is 0.281 e. The summed E-state index contributed by atoms with van der Waals surface area (Å²) in [5.74, 6) is 0.638. The van der Waals surface area contributed by atoms with E-state index in [1.165, 1.54) is 8.61 Å². The number of aromatic nitrogens is 2. The van der Waals surface area contributed by atoms with E-state index in [9.17, 15) is 8.42 Å². The summed E-state index contributed by atoms with van der Waals surface area (Å²) in [6.07, 6.45) is 2.50. The predicted octanol–water partition coefficient (Wildman–Crippen LogP) is -0.177. The molecule has 0 bridgehead atoms. The summed E-state index contributed by atoms with van der Waals surface area (Å²) < 4.78 is 33.3. The van der Waals surface area contributed by atoms with Crippen molar-refractivity contribution in [3.63, 3.8) is 0 Å². The molecule has 1 fully saturated rings. The molecule has 3 rings (SSSR count). The van der Waals surface area contributed by atoms with Crippen molar-refractivity contribution in [2.45, 2.75) is 18.4 Å². The van der Waals surface area contributed by atoms with Crippen LogP contribution < -0.4 is 4.90 Å². The van der Waals surface area contributed by atoms with Crippen LogP contribution in [0.3, 0.4) is 0 Å². The Hall–Kier alpha value is -1.29. The Morgan fingerprint density at radius 1 is 1.30 bits per heavy atom. The minimum absolute atomic E-state index is 0.385. The van der Waals surface area contributed by atoms with Crippen molar-refractivity contribution in [3.05, 3.63) is 17.5 Å². The molecule has 0 amide bonds. The van der Waals surface area contributed by atoms with E-state index < -0.39 is 10.2 Å². The molecule has 1 spiro atoms. The molecule has 128 valence electrons. The van der Waals surface area contributed by atoms with Crippen LogP contribution in [0.25, 0.3) is 0 Å². The van der Waals surface area contributed by atoms with E-state index >= 15 is 0 Å². The lowest BCUT2D eigenvalue weighted by atomic mass is 9.81. The van der Waals surface area contributed by atoms with Gasteiger partial charge in [-0.1, -0.05) is 0 Å². The van der Waals surface area contributed by atoms with E-state index in [2.05, 4.69) is 4.98 Å². The SMILES string of the molecule is CN(C)c1ncc2c(n1)[C@]1(CCN(S(=O)(=O)N(C)C)C1)COC2. The van der Waals surface area contributed by atoms with Gasteiger partial charge in [-0.25, -0.2) is 9.97 Å². The third-order valence-electron chi connectivity index (χ3n) is 4.50. The highest BCUT2D eigenvalue weighted by molar-refractivity contribution is 7.86. The van der Waals surface area contributed by atoms with Crippen LogP contribution in [0.15, 0.2) is 6.20 Å². The average Bonchev–Trinajstić information content (AvgIpc) is 2.92. The number of hydrogen-bond acceptors (Lipinski definition) is 6. The summed E-state index contributed by atoms with van der Waals surface area (Å²) in [7, 11) is 3.47. The lowest BCUT2D eigenvalue weighted by Crippen LogP contribution is -2.44. The second-order valence-electron chi connectivity index (χ2n) is 6.59. The molecule has 0 radical (unpaired) electrons. The Morgan fingerprint density at radius 3 is 2.70 bits per heavy atom. The Balaban J connectivity index is 1.99. The quantitative estimate of drug-likeness (QED) is 0.759. The largest absolute Gasteiger partial charge is 0.376 e. The van der Waals surface area contributed by atoms with Gasteiger partial charge in [0.25, 0.3) is 10.2 Å². The molecule has 0 aromatic carbocycles. The van der Waals surface area contributed by atoms with Gasteiger partial charge in [0.15, 0.2) is 0 Å². The standard InChI is InChI=1S/C14H23N5O3S/c1-17(2)13-15-7-11-8-22-10-14(12(11)16-13)5-6-19(9-14)23(20,21)18(3)4/h7H,5-6,8-10H2,1-4H3/t14-/m0/s1. The van der Waals surface area contributed by atoms with Crippen molar-refractivity contribution in [1.82, 2.24) is 18.6 Å². The summed E-state index contributed by atoms with van der Waals surface area (Å²) in [4.78, 5) is 10.9. The first kappa shape index (κ1) is 16.6. The first-order valence-corrected chi connectivity index (χ1v) is 8.95. The molecule has 0 saturated carbocycles. The van der Waals surface area contributed by atoms with E-state index in [1.807, 2.05) is 19.0 Å². The van der Waals surface area contributed by atoms with E-state index in [4.69, 9.17) is 9.72 Å². The molecule has 1 saturated heterocycles. The average molecular weight is 341 g/mol. The van der Waals surface area contributed by atoms with Gasteiger partial charge in [-0.3, -0.25) is 0 Å². The number of hydrogen-bond donors (Lipinski definition) is 0. The molecule has 8 nitrogen and oxygen atoms in total. The fourth-order valence-electron chi connectivity index (χ4n) is 3.18. The maximum Gasteiger partial charge on any atom is 0.281 e. The summed E-state index contributed by atoms with van der Waals surface area (Å²) in [5.41, 5.74) is 1.49. The van der Waals surface area contributed by atoms with Crippen LogP contribution >= 0.6 is 0 Å². The zero-order valence-electron chi connectivity index (χ0n) is 14.0. The summed E-state index contributed by atoms with van der Waals surface area (Å²) in [5, 5.41) is 0. The van der Waals surface area contributed by atoms with Gasteiger partial charge in [0.1, 0.15) is 0 Å². The van der Waals surface area contributed by atoms with E-state index in [0.717, 1.165) is 11.3 Å². The van der Waals surface area contributed by atoms with Crippen LogP contribution in [0.2, 0.25) is 0 Å². The molecule has 9 heteroatoms. The van der Waals surface area contributed by atoms with Gasteiger partial charge in [0.05, 0.1) is 24.3 Å². The summed E-state index contributed by atoms with van der Waals surface area (Å²) >= 11 is 0. The Kier molecular flexibility index (Phi) is 4.07. The Morgan fingerprint density at radius 2 is 2.04 bits per heavy atom. The highest BCUT2D eigenvalue weighted by Crippen LogP contribution is 2.40. The third-order valence-corrected chi connectivity index (χ3v) is 6.38. The lowest BCUT2D eigenvalue weighted by molar-refractivity contribution is 0.0530. The highest BCUT2D eigenvalue weighted by atomic mass is 32.2. The zero-order valence-corrected chi connectivity index (χ0v) is 14.8. The monoisotopic (exact) mass is 341 g/mol. The molecular formula is C14H23N5O3S.